The van der Waals surface area contributed by atoms with Gasteiger partial charge in [0.2, 0.25) is 11.7 Å². The summed E-state index contributed by atoms with van der Waals surface area (Å²) in [5, 5.41) is 5.14. The average molecular weight is 543 g/mol. The summed E-state index contributed by atoms with van der Waals surface area (Å²) >= 11 is 0. The van der Waals surface area contributed by atoms with Gasteiger partial charge in [-0.25, -0.2) is 18.2 Å². The van der Waals surface area contributed by atoms with Gasteiger partial charge in [-0.1, -0.05) is 49.4 Å². The van der Waals surface area contributed by atoms with Gasteiger partial charge in [0.25, 0.3) is 5.89 Å². The molecule has 1 saturated heterocycles. The number of Topliss-reactive ketones (excluding diaryl/α,β-unsaturated/α-hetero) is 1. The highest BCUT2D eigenvalue weighted by Gasteiger charge is 2.33. The molecule has 1 aliphatic heterocycles. The Morgan fingerprint density at radius 3 is 2.34 bits per heavy atom. The number of hydrogen-bond acceptors (Lipinski definition) is 8. The Morgan fingerprint density at radius 1 is 0.974 bits per heavy atom. The summed E-state index contributed by atoms with van der Waals surface area (Å²) in [6.07, 6.45) is 0.199. The maximum Gasteiger partial charge on any atom is 0.318 e. The molecule has 38 heavy (non-hydrogen) atoms. The molecule has 0 bridgehead atoms. The minimum atomic E-state index is -3.82. The highest BCUT2D eigenvalue weighted by Crippen LogP contribution is 2.17. The molecule has 1 aliphatic rings. The second-order valence-corrected chi connectivity index (χ2v) is 11.1. The molecule has 2 atom stereocenters. The van der Waals surface area contributed by atoms with E-state index in [1.165, 1.54) is 4.90 Å². The number of rotatable bonds is 10. The number of ketones is 1. The molecule has 4 rings (SSSR count). The van der Waals surface area contributed by atoms with Crippen molar-refractivity contribution in [3.05, 3.63) is 66.1 Å². The van der Waals surface area contributed by atoms with Crippen LogP contribution in [0.15, 0.2) is 59.0 Å². The third-order valence-electron chi connectivity index (χ3n) is 6.11. The second kappa shape index (κ2) is 12.2. The molecule has 3 amide bonds. The van der Waals surface area contributed by atoms with E-state index in [-0.39, 0.29) is 18.1 Å². The monoisotopic (exact) mass is 542 g/mol. The number of benzene rings is 2. The third kappa shape index (κ3) is 6.95. The maximum atomic E-state index is 13.3. The van der Waals surface area contributed by atoms with Crippen molar-refractivity contribution in [2.45, 2.75) is 31.2 Å². The molecule has 2 aromatic carbocycles. The van der Waals surface area contributed by atoms with Crippen LogP contribution in [0.1, 0.15) is 29.6 Å². The number of carbonyl (C=O) groups is 3. The summed E-state index contributed by atoms with van der Waals surface area (Å²) in [7, 11) is -3.82. The third-order valence-corrected chi connectivity index (χ3v) is 7.72. The van der Waals surface area contributed by atoms with E-state index in [1.807, 2.05) is 0 Å². The minimum absolute atomic E-state index is 0.163. The first-order chi connectivity index (χ1) is 18.3. The SMILES string of the molecule is CC[C@H](NC(=O)[C@H](CS(=O)(=O)Cc1ccccc1)NC(=O)N1CCOCC1)C(=O)c1nc2ccccc2o1. The fourth-order valence-corrected chi connectivity index (χ4v) is 5.64. The first-order valence-corrected chi connectivity index (χ1v) is 14.2. The Labute approximate surface area is 220 Å². The number of morpholine rings is 1. The van der Waals surface area contributed by atoms with E-state index in [1.54, 1.807) is 61.5 Å². The van der Waals surface area contributed by atoms with Gasteiger partial charge in [-0.15, -0.1) is 0 Å². The smallest absolute Gasteiger partial charge is 0.318 e. The Kier molecular flexibility index (Phi) is 8.74. The van der Waals surface area contributed by atoms with Crippen LogP contribution in [0, 0.1) is 0 Å². The molecule has 2 N–H and O–H groups in total. The van der Waals surface area contributed by atoms with Gasteiger partial charge in [-0.2, -0.15) is 0 Å². The molecule has 1 aromatic heterocycles. The number of aromatic nitrogens is 1. The van der Waals surface area contributed by atoms with Gasteiger partial charge in [0.1, 0.15) is 11.6 Å². The molecule has 2 heterocycles. The predicted molar refractivity (Wildman–Crippen MR) is 139 cm³/mol. The zero-order valence-electron chi connectivity index (χ0n) is 21.0. The predicted octanol–water partition coefficient (Wildman–Crippen LogP) is 1.93. The van der Waals surface area contributed by atoms with Crippen LogP contribution >= 0.6 is 0 Å². The zero-order valence-corrected chi connectivity index (χ0v) is 21.8. The Morgan fingerprint density at radius 2 is 1.66 bits per heavy atom. The topological polar surface area (TPSA) is 148 Å². The lowest BCUT2D eigenvalue weighted by atomic mass is 10.1. The highest BCUT2D eigenvalue weighted by molar-refractivity contribution is 7.90. The lowest BCUT2D eigenvalue weighted by Crippen LogP contribution is -2.57. The standard InChI is InChI=1S/C26H30N4O7S/c1-2-19(23(31)25-28-20-10-6-7-11-22(20)37-25)27-24(32)21(29-26(33)30-12-14-36-15-13-30)17-38(34,35)16-18-8-4-3-5-9-18/h3-11,19,21H,2,12-17H2,1H3,(H,27,32)(H,29,33)/t19-,21-/m0/s1. The van der Waals surface area contributed by atoms with Crippen molar-refractivity contribution >= 4 is 38.7 Å². The summed E-state index contributed by atoms with van der Waals surface area (Å²) in [6, 6.07) is 12.4. The van der Waals surface area contributed by atoms with E-state index in [4.69, 9.17) is 9.15 Å². The number of fused-ring (bicyclic) bond motifs is 1. The molecule has 202 valence electrons. The van der Waals surface area contributed by atoms with Crippen molar-refractivity contribution in [3.63, 3.8) is 0 Å². The number of nitrogens with one attached hydrogen (secondary N) is 2. The number of urea groups is 1. The number of ether oxygens (including phenoxy) is 1. The van der Waals surface area contributed by atoms with Crippen molar-refractivity contribution in [1.82, 2.24) is 20.5 Å². The van der Waals surface area contributed by atoms with Crippen molar-refractivity contribution in [1.29, 1.82) is 0 Å². The van der Waals surface area contributed by atoms with Gasteiger partial charge < -0.3 is 24.7 Å². The van der Waals surface area contributed by atoms with E-state index >= 15 is 0 Å². The summed E-state index contributed by atoms with van der Waals surface area (Å²) in [4.78, 5) is 44.9. The maximum absolute atomic E-state index is 13.3. The van der Waals surface area contributed by atoms with Gasteiger partial charge in [0, 0.05) is 13.1 Å². The normalized spacial score (nSPS) is 15.6. The van der Waals surface area contributed by atoms with E-state index in [0.29, 0.717) is 43.0 Å². The Balaban J connectivity index is 1.51. The quantitative estimate of drug-likeness (QED) is 0.369. The van der Waals surface area contributed by atoms with Crippen LogP contribution in [0.3, 0.4) is 0 Å². The molecule has 11 nitrogen and oxygen atoms in total. The van der Waals surface area contributed by atoms with Crippen LogP contribution in [-0.4, -0.2) is 80.2 Å². The minimum Gasteiger partial charge on any atom is -0.434 e. The van der Waals surface area contributed by atoms with Gasteiger partial charge in [0.05, 0.1) is 30.8 Å². The van der Waals surface area contributed by atoms with Gasteiger partial charge >= 0.3 is 6.03 Å². The lowest BCUT2D eigenvalue weighted by molar-refractivity contribution is -0.123. The summed E-state index contributed by atoms with van der Waals surface area (Å²) < 4.78 is 36.9. The second-order valence-electron chi connectivity index (χ2n) is 8.96. The molecule has 0 spiro atoms. The Hall–Kier alpha value is -3.77. The molecule has 0 saturated carbocycles. The number of oxazole rings is 1. The number of sulfone groups is 1. The van der Waals surface area contributed by atoms with Gasteiger partial charge in [-0.05, 0) is 24.1 Å². The van der Waals surface area contributed by atoms with Crippen LogP contribution in [0.4, 0.5) is 4.79 Å². The van der Waals surface area contributed by atoms with Crippen LogP contribution in [0.25, 0.3) is 11.1 Å². The lowest BCUT2D eigenvalue weighted by Gasteiger charge is -2.29. The van der Waals surface area contributed by atoms with Crippen LogP contribution in [0.2, 0.25) is 0 Å². The van der Waals surface area contributed by atoms with Gasteiger partial charge in [-0.3, -0.25) is 9.59 Å². The largest absolute Gasteiger partial charge is 0.434 e. The fourth-order valence-electron chi connectivity index (χ4n) is 4.08. The molecule has 1 fully saturated rings. The molecule has 0 unspecified atom stereocenters. The van der Waals surface area contributed by atoms with E-state index < -0.39 is 45.4 Å². The van der Waals surface area contributed by atoms with E-state index in [0.717, 1.165) is 0 Å². The Bertz CT molecular complexity index is 1350. The van der Waals surface area contributed by atoms with E-state index in [2.05, 4.69) is 15.6 Å². The number of nitrogens with zero attached hydrogens (tertiary/aromatic N) is 2. The van der Waals surface area contributed by atoms with Crippen molar-refractivity contribution in [2.75, 3.05) is 32.1 Å². The van der Waals surface area contributed by atoms with Crippen molar-refractivity contribution in [2.24, 2.45) is 0 Å². The summed E-state index contributed by atoms with van der Waals surface area (Å²) in [5.41, 5.74) is 1.49. The molecule has 0 aliphatic carbocycles. The fraction of sp³-hybridized carbons (Fsp3) is 0.385. The molecular weight excluding hydrogens is 512 g/mol. The molecule has 12 heteroatoms. The van der Waals surface area contributed by atoms with Crippen LogP contribution in [-0.2, 0) is 25.1 Å². The number of hydrogen-bond donors (Lipinski definition) is 2. The van der Waals surface area contributed by atoms with Crippen molar-refractivity contribution in [3.8, 4) is 0 Å². The van der Waals surface area contributed by atoms with Crippen molar-refractivity contribution < 1.29 is 32.0 Å². The highest BCUT2D eigenvalue weighted by atomic mass is 32.2. The van der Waals surface area contributed by atoms with E-state index in [9.17, 15) is 22.8 Å². The number of carbonyl (C=O) groups excluding carboxylic acids is 3. The average Bonchev–Trinajstić information content (AvgIpc) is 3.36. The number of amides is 3. The first kappa shape index (κ1) is 27.3. The summed E-state index contributed by atoms with van der Waals surface area (Å²) in [6.45, 7) is 3.00. The van der Waals surface area contributed by atoms with Gasteiger partial charge in [0.15, 0.2) is 15.4 Å². The number of para-hydroxylation sites is 2. The van der Waals surface area contributed by atoms with Crippen LogP contribution in [0.5, 0.6) is 0 Å². The molecule has 3 aromatic rings. The van der Waals surface area contributed by atoms with Crippen LogP contribution < -0.4 is 10.6 Å². The molecular formula is C26H30N4O7S. The first-order valence-electron chi connectivity index (χ1n) is 12.3. The summed E-state index contributed by atoms with van der Waals surface area (Å²) in [5.74, 6) is -2.45. The zero-order chi connectivity index (χ0) is 27.1. The molecule has 0 radical (unpaired) electrons.